The first-order valence-electron chi connectivity index (χ1n) is 5.59. The first-order chi connectivity index (χ1) is 11.2. The number of halogens is 9. The fourth-order valence-electron chi connectivity index (χ4n) is 1.04. The standard InChI is InChI=1S/C6H6O3.C4HF9O3S/c7-4-2-1-3-5(8)6(4)9;5-1(6,3(9,10)11)2(7,8)4(12,13)17(14,15)16/h1-3,7-9H;(H,14,15,16). The van der Waals surface area contributed by atoms with Crippen molar-refractivity contribution in [2.24, 2.45) is 0 Å². The van der Waals surface area contributed by atoms with Gasteiger partial charge in [-0.15, -0.1) is 0 Å². The molecule has 1 aromatic rings. The second-order valence-electron chi connectivity index (χ2n) is 4.28. The molecule has 0 aliphatic carbocycles. The molecule has 0 atom stereocenters. The highest BCUT2D eigenvalue weighted by atomic mass is 32.2. The summed E-state index contributed by atoms with van der Waals surface area (Å²) >= 11 is 0. The highest BCUT2D eigenvalue weighted by Crippen LogP contribution is 2.54. The van der Waals surface area contributed by atoms with E-state index in [1.165, 1.54) is 18.2 Å². The highest BCUT2D eigenvalue weighted by Gasteiger charge is 2.85. The molecule has 1 rings (SSSR count). The number of rotatable bonds is 3. The molecular formula is C10H7F9O6S. The number of phenolic OH excluding ortho intramolecular Hbond substituents is 3. The summed E-state index contributed by atoms with van der Waals surface area (Å²) in [6, 6.07) is 4.01. The molecule has 16 heteroatoms. The topological polar surface area (TPSA) is 115 Å². The Balaban J connectivity index is 0.000000577. The van der Waals surface area contributed by atoms with Gasteiger partial charge in [-0.25, -0.2) is 0 Å². The third-order valence-corrected chi connectivity index (χ3v) is 3.34. The molecular weight excluding hydrogens is 419 g/mol. The van der Waals surface area contributed by atoms with Gasteiger partial charge in [-0.1, -0.05) is 6.07 Å². The molecule has 0 aliphatic rings. The molecule has 4 N–H and O–H groups in total. The lowest BCUT2D eigenvalue weighted by atomic mass is 10.1. The Labute approximate surface area is 137 Å². The van der Waals surface area contributed by atoms with Crippen molar-refractivity contribution < 1.29 is 67.8 Å². The molecule has 152 valence electrons. The van der Waals surface area contributed by atoms with E-state index in [2.05, 4.69) is 0 Å². The second-order valence-corrected chi connectivity index (χ2v) is 5.75. The van der Waals surface area contributed by atoms with E-state index in [1.807, 2.05) is 0 Å². The molecule has 0 amide bonds. The molecule has 1 aromatic carbocycles. The van der Waals surface area contributed by atoms with E-state index in [1.54, 1.807) is 0 Å². The van der Waals surface area contributed by atoms with Crippen LogP contribution in [-0.2, 0) is 10.1 Å². The summed E-state index contributed by atoms with van der Waals surface area (Å²) in [4.78, 5) is 0. The Kier molecular flexibility index (Phi) is 6.34. The minimum absolute atomic E-state index is 0.310. The first kappa shape index (κ1) is 23.9. The number of aromatic hydroxyl groups is 3. The van der Waals surface area contributed by atoms with E-state index in [9.17, 15) is 47.9 Å². The van der Waals surface area contributed by atoms with E-state index >= 15 is 0 Å². The largest absolute Gasteiger partial charge is 0.504 e. The van der Waals surface area contributed by atoms with Gasteiger partial charge in [-0.3, -0.25) is 4.55 Å². The van der Waals surface area contributed by atoms with Crippen LogP contribution < -0.4 is 0 Å². The lowest BCUT2D eigenvalue weighted by Gasteiger charge is -2.31. The number of benzene rings is 1. The predicted molar refractivity (Wildman–Crippen MR) is 63.9 cm³/mol. The summed E-state index contributed by atoms with van der Waals surface area (Å²) in [6.45, 7) is 0. The normalized spacial score (nSPS) is 13.8. The Morgan fingerprint density at radius 2 is 1.08 bits per heavy atom. The van der Waals surface area contributed by atoms with Crippen molar-refractivity contribution in [2.75, 3.05) is 0 Å². The average Bonchev–Trinajstić information content (AvgIpc) is 2.42. The van der Waals surface area contributed by atoms with Crippen molar-refractivity contribution in [2.45, 2.75) is 23.3 Å². The molecule has 0 heterocycles. The van der Waals surface area contributed by atoms with Crippen molar-refractivity contribution >= 4 is 10.1 Å². The molecule has 0 radical (unpaired) electrons. The van der Waals surface area contributed by atoms with E-state index in [0.717, 1.165) is 0 Å². The minimum atomic E-state index is -7.37. The van der Waals surface area contributed by atoms with Gasteiger partial charge in [-0.2, -0.15) is 47.9 Å². The van der Waals surface area contributed by atoms with Gasteiger partial charge in [0.05, 0.1) is 0 Å². The highest BCUT2D eigenvalue weighted by molar-refractivity contribution is 7.87. The van der Waals surface area contributed by atoms with Crippen molar-refractivity contribution in [1.82, 2.24) is 0 Å². The summed E-state index contributed by atoms with van der Waals surface area (Å²) in [6.07, 6.45) is -7.13. The summed E-state index contributed by atoms with van der Waals surface area (Å²) in [7, 11) is -7.17. The molecule has 0 spiro atoms. The molecule has 0 saturated heterocycles. The molecule has 0 unspecified atom stereocenters. The molecule has 0 saturated carbocycles. The molecule has 0 bridgehead atoms. The Morgan fingerprint density at radius 3 is 1.31 bits per heavy atom. The van der Waals surface area contributed by atoms with Crippen LogP contribution in [0.1, 0.15) is 0 Å². The third-order valence-electron chi connectivity index (χ3n) is 2.43. The van der Waals surface area contributed by atoms with Gasteiger partial charge in [0.2, 0.25) is 0 Å². The van der Waals surface area contributed by atoms with E-state index in [0.29, 0.717) is 0 Å². The van der Waals surface area contributed by atoms with Gasteiger partial charge >= 0.3 is 33.4 Å². The number of phenols is 3. The van der Waals surface area contributed by atoms with Crippen molar-refractivity contribution in [1.29, 1.82) is 0 Å². The molecule has 26 heavy (non-hydrogen) atoms. The maximum atomic E-state index is 12.2. The van der Waals surface area contributed by atoms with E-state index < -0.39 is 39.1 Å². The summed E-state index contributed by atoms with van der Waals surface area (Å²) < 4.78 is 134. The minimum Gasteiger partial charge on any atom is -0.504 e. The lowest BCUT2D eigenvalue weighted by molar-refractivity contribution is -0.382. The zero-order valence-electron chi connectivity index (χ0n) is 11.6. The van der Waals surface area contributed by atoms with Gasteiger partial charge in [0.15, 0.2) is 17.2 Å². The second kappa shape index (κ2) is 6.90. The van der Waals surface area contributed by atoms with Crippen LogP contribution in [0, 0.1) is 0 Å². The number of alkyl halides is 9. The van der Waals surface area contributed by atoms with Gasteiger partial charge in [0, 0.05) is 0 Å². The zero-order valence-corrected chi connectivity index (χ0v) is 12.5. The van der Waals surface area contributed by atoms with Crippen LogP contribution in [-0.4, -0.2) is 51.6 Å². The maximum Gasteiger partial charge on any atom is 0.460 e. The van der Waals surface area contributed by atoms with E-state index in [-0.39, 0.29) is 11.5 Å². The quantitative estimate of drug-likeness (QED) is 0.336. The molecule has 6 nitrogen and oxygen atoms in total. The summed E-state index contributed by atoms with van der Waals surface area (Å²) in [5.74, 6) is -15.8. The Bertz CT molecular complexity index is 724. The van der Waals surface area contributed by atoms with Crippen molar-refractivity contribution in [3.8, 4) is 17.2 Å². The fraction of sp³-hybridized carbons (Fsp3) is 0.400. The van der Waals surface area contributed by atoms with Crippen LogP contribution in [0.25, 0.3) is 0 Å². The van der Waals surface area contributed by atoms with Crippen LogP contribution in [0.15, 0.2) is 18.2 Å². The van der Waals surface area contributed by atoms with Crippen molar-refractivity contribution in [3.05, 3.63) is 18.2 Å². The van der Waals surface area contributed by atoms with Crippen LogP contribution in [0.4, 0.5) is 39.5 Å². The summed E-state index contributed by atoms with van der Waals surface area (Å²) in [5.41, 5.74) is 0. The molecule has 0 aliphatic heterocycles. The van der Waals surface area contributed by atoms with Gasteiger partial charge in [0.1, 0.15) is 0 Å². The Morgan fingerprint density at radius 1 is 0.731 bits per heavy atom. The summed E-state index contributed by atoms with van der Waals surface area (Å²) in [5, 5.41) is 19.1. The van der Waals surface area contributed by atoms with Gasteiger partial charge in [0.25, 0.3) is 0 Å². The zero-order chi connectivity index (χ0) is 21.4. The molecule has 0 fully saturated rings. The van der Waals surface area contributed by atoms with Crippen LogP contribution >= 0.6 is 0 Å². The van der Waals surface area contributed by atoms with Gasteiger partial charge < -0.3 is 15.3 Å². The van der Waals surface area contributed by atoms with Crippen molar-refractivity contribution in [3.63, 3.8) is 0 Å². The van der Waals surface area contributed by atoms with Crippen LogP contribution in [0.2, 0.25) is 0 Å². The SMILES string of the molecule is O=S(=O)(O)C(F)(F)C(F)(F)C(F)(F)C(F)(F)F.Oc1cccc(O)c1O. The number of para-hydroxylation sites is 1. The smallest absolute Gasteiger partial charge is 0.460 e. The Hall–Kier alpha value is -2.10. The lowest BCUT2D eigenvalue weighted by Crippen LogP contribution is -2.63. The third kappa shape index (κ3) is 4.17. The van der Waals surface area contributed by atoms with E-state index in [4.69, 9.17) is 19.9 Å². The maximum absolute atomic E-state index is 12.2. The predicted octanol–water partition coefficient (Wildman–Crippen LogP) is 3.10. The number of hydrogen-bond donors (Lipinski definition) is 4. The fourth-order valence-corrected chi connectivity index (χ4v) is 1.49. The first-order valence-corrected chi connectivity index (χ1v) is 7.03. The number of hydrogen-bond acceptors (Lipinski definition) is 5. The molecule has 0 aromatic heterocycles. The van der Waals surface area contributed by atoms with Crippen LogP contribution in [0.5, 0.6) is 17.2 Å². The van der Waals surface area contributed by atoms with Crippen LogP contribution in [0.3, 0.4) is 0 Å². The van der Waals surface area contributed by atoms with Gasteiger partial charge in [-0.05, 0) is 12.1 Å². The average molecular weight is 426 g/mol. The monoisotopic (exact) mass is 426 g/mol.